The molecule has 1 aromatic carbocycles. The molecule has 0 aliphatic heterocycles. The second kappa shape index (κ2) is 3.10. The lowest BCUT2D eigenvalue weighted by Gasteiger charge is -2.03. The van der Waals surface area contributed by atoms with Gasteiger partial charge in [0.15, 0.2) is 0 Å². The third-order valence-corrected chi connectivity index (χ3v) is 1.52. The van der Waals surface area contributed by atoms with Crippen LogP contribution in [0.5, 0.6) is 5.75 Å². The maximum atomic E-state index is 8.96. The molecule has 1 rings (SSSR count). The zero-order valence-corrected chi connectivity index (χ0v) is 6.46. The SMILES string of the molecule is C=C(NC)c1ccc(O)cc1. The number of hydrogen-bond acceptors (Lipinski definition) is 2. The average molecular weight is 149 g/mol. The van der Waals surface area contributed by atoms with Crippen molar-refractivity contribution in [1.29, 1.82) is 0 Å². The van der Waals surface area contributed by atoms with Crippen molar-refractivity contribution >= 4 is 5.70 Å². The fourth-order valence-corrected chi connectivity index (χ4v) is 0.807. The zero-order chi connectivity index (χ0) is 8.27. The summed E-state index contributed by atoms with van der Waals surface area (Å²) in [5.41, 5.74) is 1.84. The number of rotatable bonds is 2. The van der Waals surface area contributed by atoms with Gasteiger partial charge in [-0.25, -0.2) is 0 Å². The molecule has 0 saturated carbocycles. The van der Waals surface area contributed by atoms with E-state index >= 15 is 0 Å². The van der Waals surface area contributed by atoms with E-state index in [4.69, 9.17) is 5.11 Å². The summed E-state index contributed by atoms with van der Waals surface area (Å²) in [5, 5.41) is 11.9. The highest BCUT2D eigenvalue weighted by atomic mass is 16.3. The third-order valence-electron chi connectivity index (χ3n) is 1.52. The molecule has 0 fully saturated rings. The van der Waals surface area contributed by atoms with Crippen molar-refractivity contribution in [2.24, 2.45) is 0 Å². The molecule has 0 radical (unpaired) electrons. The van der Waals surface area contributed by atoms with Crippen LogP contribution in [0.25, 0.3) is 5.70 Å². The Balaban J connectivity index is 2.90. The van der Waals surface area contributed by atoms with Gasteiger partial charge in [0.2, 0.25) is 0 Å². The van der Waals surface area contributed by atoms with Gasteiger partial charge in [-0.3, -0.25) is 0 Å². The van der Waals surface area contributed by atoms with Gasteiger partial charge >= 0.3 is 0 Å². The lowest BCUT2D eigenvalue weighted by atomic mass is 10.2. The van der Waals surface area contributed by atoms with Crippen LogP contribution in [-0.4, -0.2) is 12.2 Å². The van der Waals surface area contributed by atoms with Crippen molar-refractivity contribution < 1.29 is 5.11 Å². The van der Waals surface area contributed by atoms with E-state index in [1.54, 1.807) is 12.1 Å². The van der Waals surface area contributed by atoms with E-state index in [1.165, 1.54) is 0 Å². The summed E-state index contributed by atoms with van der Waals surface area (Å²) < 4.78 is 0. The van der Waals surface area contributed by atoms with Crippen molar-refractivity contribution in [1.82, 2.24) is 5.32 Å². The van der Waals surface area contributed by atoms with Crippen LogP contribution in [-0.2, 0) is 0 Å². The molecule has 0 aliphatic carbocycles. The van der Waals surface area contributed by atoms with Crippen LogP contribution in [0.15, 0.2) is 30.8 Å². The Morgan fingerprint density at radius 3 is 2.36 bits per heavy atom. The predicted molar refractivity (Wildman–Crippen MR) is 46.2 cm³/mol. The van der Waals surface area contributed by atoms with Crippen LogP contribution in [0.2, 0.25) is 0 Å². The van der Waals surface area contributed by atoms with Crippen LogP contribution in [0, 0.1) is 0 Å². The van der Waals surface area contributed by atoms with Crippen LogP contribution < -0.4 is 5.32 Å². The first-order valence-corrected chi connectivity index (χ1v) is 3.40. The summed E-state index contributed by atoms with van der Waals surface area (Å²) in [5.74, 6) is 0.276. The summed E-state index contributed by atoms with van der Waals surface area (Å²) in [6, 6.07) is 6.90. The number of benzene rings is 1. The molecule has 0 heterocycles. The molecule has 0 atom stereocenters. The highest BCUT2D eigenvalue weighted by molar-refractivity contribution is 5.61. The van der Waals surface area contributed by atoms with E-state index < -0.39 is 0 Å². The van der Waals surface area contributed by atoms with Gasteiger partial charge in [-0.15, -0.1) is 0 Å². The fourth-order valence-electron chi connectivity index (χ4n) is 0.807. The third kappa shape index (κ3) is 1.74. The molecule has 2 N–H and O–H groups in total. The number of phenols is 1. The van der Waals surface area contributed by atoms with Crippen LogP contribution in [0.1, 0.15) is 5.56 Å². The molecule has 0 amide bonds. The Bertz CT molecular complexity index is 251. The van der Waals surface area contributed by atoms with Crippen LogP contribution in [0.3, 0.4) is 0 Å². The van der Waals surface area contributed by atoms with Crippen molar-refractivity contribution in [3.8, 4) is 5.75 Å². The van der Waals surface area contributed by atoms with Crippen LogP contribution in [0.4, 0.5) is 0 Å². The lowest BCUT2D eigenvalue weighted by Crippen LogP contribution is -2.01. The number of nitrogens with one attached hydrogen (secondary N) is 1. The second-order valence-corrected chi connectivity index (χ2v) is 2.28. The van der Waals surface area contributed by atoms with Crippen molar-refractivity contribution in [3.05, 3.63) is 36.4 Å². The topological polar surface area (TPSA) is 32.3 Å². The molecule has 58 valence electrons. The minimum atomic E-state index is 0.276. The molecule has 2 nitrogen and oxygen atoms in total. The summed E-state index contributed by atoms with van der Waals surface area (Å²) in [6.45, 7) is 3.78. The van der Waals surface area contributed by atoms with Gasteiger partial charge in [-0.1, -0.05) is 6.58 Å². The molecule has 1 aromatic rings. The van der Waals surface area contributed by atoms with Gasteiger partial charge in [0.25, 0.3) is 0 Å². The molecule has 0 unspecified atom stereocenters. The van der Waals surface area contributed by atoms with E-state index in [0.717, 1.165) is 11.3 Å². The Labute approximate surface area is 66.2 Å². The molecule has 0 saturated heterocycles. The first-order chi connectivity index (χ1) is 5.24. The molecule has 0 bridgehead atoms. The molecule has 0 aliphatic rings. The molecule has 11 heavy (non-hydrogen) atoms. The maximum Gasteiger partial charge on any atom is 0.115 e. The average Bonchev–Trinajstić information content (AvgIpc) is 2.05. The smallest absolute Gasteiger partial charge is 0.115 e. The Morgan fingerprint density at radius 2 is 1.91 bits per heavy atom. The van der Waals surface area contributed by atoms with Crippen LogP contribution >= 0.6 is 0 Å². The number of phenolic OH excluding ortho intramolecular Hbond substituents is 1. The largest absolute Gasteiger partial charge is 0.508 e. The highest BCUT2D eigenvalue weighted by Crippen LogP contribution is 2.13. The van der Waals surface area contributed by atoms with Gasteiger partial charge in [0.1, 0.15) is 5.75 Å². The summed E-state index contributed by atoms with van der Waals surface area (Å²) in [7, 11) is 1.81. The quantitative estimate of drug-likeness (QED) is 0.669. The van der Waals surface area contributed by atoms with Gasteiger partial charge < -0.3 is 10.4 Å². The normalized spacial score (nSPS) is 9.18. The van der Waals surface area contributed by atoms with E-state index in [9.17, 15) is 0 Å². The second-order valence-electron chi connectivity index (χ2n) is 2.28. The standard InChI is InChI=1S/C9H11NO/c1-7(10-2)8-3-5-9(11)6-4-8/h3-6,10-11H,1H2,2H3. The van der Waals surface area contributed by atoms with Gasteiger partial charge in [-0.05, 0) is 29.8 Å². The Hall–Kier alpha value is -1.44. The van der Waals surface area contributed by atoms with Gasteiger partial charge in [0, 0.05) is 12.7 Å². The lowest BCUT2D eigenvalue weighted by molar-refractivity contribution is 0.475. The molecular weight excluding hydrogens is 138 g/mol. The molecular formula is C9H11NO. The summed E-state index contributed by atoms with van der Waals surface area (Å²) >= 11 is 0. The molecule has 2 heteroatoms. The highest BCUT2D eigenvalue weighted by Gasteiger charge is 1.94. The van der Waals surface area contributed by atoms with E-state index in [-0.39, 0.29) is 5.75 Å². The monoisotopic (exact) mass is 149 g/mol. The zero-order valence-electron chi connectivity index (χ0n) is 6.46. The molecule has 0 spiro atoms. The van der Waals surface area contributed by atoms with E-state index in [0.29, 0.717) is 0 Å². The minimum absolute atomic E-state index is 0.276. The van der Waals surface area contributed by atoms with Crippen molar-refractivity contribution in [2.45, 2.75) is 0 Å². The van der Waals surface area contributed by atoms with Gasteiger partial charge in [0.05, 0.1) is 0 Å². The number of hydrogen-bond donors (Lipinski definition) is 2. The fraction of sp³-hybridized carbons (Fsp3) is 0.111. The Kier molecular flexibility index (Phi) is 2.16. The summed E-state index contributed by atoms with van der Waals surface area (Å²) in [4.78, 5) is 0. The first kappa shape index (κ1) is 7.66. The minimum Gasteiger partial charge on any atom is -0.508 e. The van der Waals surface area contributed by atoms with E-state index in [2.05, 4.69) is 11.9 Å². The first-order valence-electron chi connectivity index (χ1n) is 3.40. The predicted octanol–water partition coefficient (Wildman–Crippen LogP) is 1.58. The maximum absolute atomic E-state index is 8.96. The molecule has 0 aromatic heterocycles. The van der Waals surface area contributed by atoms with Crippen molar-refractivity contribution in [2.75, 3.05) is 7.05 Å². The Morgan fingerprint density at radius 1 is 1.36 bits per heavy atom. The van der Waals surface area contributed by atoms with Crippen molar-refractivity contribution in [3.63, 3.8) is 0 Å². The summed E-state index contributed by atoms with van der Waals surface area (Å²) in [6.07, 6.45) is 0. The number of aromatic hydroxyl groups is 1. The van der Waals surface area contributed by atoms with Gasteiger partial charge in [-0.2, -0.15) is 0 Å². The van der Waals surface area contributed by atoms with E-state index in [1.807, 2.05) is 19.2 Å².